The lowest BCUT2D eigenvalue weighted by Gasteiger charge is -2.23. The van der Waals surface area contributed by atoms with Crippen molar-refractivity contribution in [2.75, 3.05) is 33.4 Å². The fourth-order valence-corrected chi connectivity index (χ4v) is 2.61. The van der Waals surface area contributed by atoms with E-state index in [-0.39, 0.29) is 25.7 Å². The maximum absolute atomic E-state index is 12.1. The monoisotopic (exact) mass is 327 g/mol. The van der Waals surface area contributed by atoms with Crippen LogP contribution in [0, 0.1) is 5.41 Å². The van der Waals surface area contributed by atoms with Gasteiger partial charge in [-0.1, -0.05) is 11.6 Å². The zero-order valence-corrected chi connectivity index (χ0v) is 13.0. The van der Waals surface area contributed by atoms with Crippen LogP contribution < -0.4 is 4.74 Å². The smallest absolute Gasteiger partial charge is 0.313 e. The molecule has 1 saturated heterocycles. The van der Waals surface area contributed by atoms with Gasteiger partial charge in [0.25, 0.3) is 5.91 Å². The van der Waals surface area contributed by atoms with Gasteiger partial charge in [0.2, 0.25) is 0 Å². The first-order valence-electron chi connectivity index (χ1n) is 6.85. The molecule has 0 spiro atoms. The number of carboxylic acids is 1. The molecule has 6 nitrogen and oxygen atoms in total. The van der Waals surface area contributed by atoms with E-state index in [2.05, 4.69) is 0 Å². The summed E-state index contributed by atoms with van der Waals surface area (Å²) < 4.78 is 10.4. The summed E-state index contributed by atoms with van der Waals surface area (Å²) in [5.41, 5.74) is -1.02. The molecule has 7 heteroatoms. The Hall–Kier alpha value is -1.79. The van der Waals surface area contributed by atoms with E-state index in [1.165, 1.54) is 12.0 Å². The van der Waals surface area contributed by atoms with E-state index in [9.17, 15) is 14.7 Å². The third-order valence-electron chi connectivity index (χ3n) is 3.76. The molecule has 1 N–H and O–H groups in total. The maximum Gasteiger partial charge on any atom is 0.313 e. The van der Waals surface area contributed by atoms with Gasteiger partial charge in [-0.15, -0.1) is 0 Å². The molecule has 1 heterocycles. The number of aliphatic carboxylic acids is 1. The Labute approximate surface area is 133 Å². The van der Waals surface area contributed by atoms with Gasteiger partial charge in [0, 0.05) is 25.2 Å². The number of carboxylic acid groups (broad SMARTS) is 1. The van der Waals surface area contributed by atoms with Crippen molar-refractivity contribution in [3.8, 4) is 5.75 Å². The number of carbonyl (C=O) groups excluding carboxylic acids is 1. The van der Waals surface area contributed by atoms with E-state index >= 15 is 0 Å². The quantitative estimate of drug-likeness (QED) is 0.860. The summed E-state index contributed by atoms with van der Waals surface area (Å²) in [7, 11) is 1.46. The molecule has 1 amide bonds. The molecular formula is C15H18ClNO5. The number of carbonyl (C=O) groups is 2. The van der Waals surface area contributed by atoms with Crippen molar-refractivity contribution >= 4 is 23.5 Å². The molecule has 1 aliphatic heterocycles. The molecule has 0 saturated carbocycles. The fraction of sp³-hybridized carbons (Fsp3) is 0.467. The Balaban J connectivity index is 1.91. The van der Waals surface area contributed by atoms with Crippen LogP contribution in [-0.4, -0.2) is 55.3 Å². The molecule has 22 heavy (non-hydrogen) atoms. The van der Waals surface area contributed by atoms with Crippen LogP contribution in [0.2, 0.25) is 5.02 Å². The standard InChI is InChI=1S/C15H18ClNO5/c1-21-10-15(14(19)20)6-7-17(9-15)13(18)8-22-12-4-2-11(16)3-5-12/h2-5H,6-10H2,1H3,(H,19,20)/t15-/m1/s1. The van der Waals surface area contributed by atoms with E-state index in [0.717, 1.165) is 0 Å². The third kappa shape index (κ3) is 3.69. The Morgan fingerprint density at radius 1 is 1.36 bits per heavy atom. The van der Waals surface area contributed by atoms with Crippen molar-refractivity contribution in [1.82, 2.24) is 4.90 Å². The van der Waals surface area contributed by atoms with Crippen LogP contribution in [0.5, 0.6) is 5.75 Å². The average Bonchev–Trinajstić information content (AvgIpc) is 2.92. The molecule has 1 aliphatic rings. The summed E-state index contributed by atoms with van der Waals surface area (Å²) in [6, 6.07) is 6.69. The minimum atomic E-state index is -1.02. The molecule has 1 fully saturated rings. The summed E-state index contributed by atoms with van der Waals surface area (Å²) in [6.07, 6.45) is 0.378. The highest BCUT2D eigenvalue weighted by atomic mass is 35.5. The lowest BCUT2D eigenvalue weighted by atomic mass is 9.88. The molecule has 1 atom stereocenters. The second kappa shape index (κ2) is 6.98. The van der Waals surface area contributed by atoms with Crippen LogP contribution >= 0.6 is 11.6 Å². The van der Waals surface area contributed by atoms with Crippen molar-refractivity contribution < 1.29 is 24.2 Å². The molecule has 1 aromatic rings. The second-order valence-corrected chi connectivity index (χ2v) is 5.76. The topological polar surface area (TPSA) is 76.1 Å². The number of halogens is 1. The van der Waals surface area contributed by atoms with Crippen molar-refractivity contribution in [2.24, 2.45) is 5.41 Å². The summed E-state index contributed by atoms with van der Waals surface area (Å²) >= 11 is 5.77. The minimum absolute atomic E-state index is 0.0875. The number of likely N-dealkylation sites (tertiary alicyclic amines) is 1. The van der Waals surface area contributed by atoms with E-state index < -0.39 is 11.4 Å². The summed E-state index contributed by atoms with van der Waals surface area (Å²) in [6.45, 7) is 0.478. The lowest BCUT2D eigenvalue weighted by Crippen LogP contribution is -2.41. The van der Waals surface area contributed by atoms with Gasteiger partial charge in [-0.05, 0) is 30.7 Å². The molecule has 2 rings (SSSR count). The van der Waals surface area contributed by atoms with E-state index in [1.54, 1.807) is 24.3 Å². The summed E-state index contributed by atoms with van der Waals surface area (Å²) in [4.78, 5) is 25.1. The minimum Gasteiger partial charge on any atom is -0.484 e. The van der Waals surface area contributed by atoms with Crippen LogP contribution in [0.4, 0.5) is 0 Å². The fourth-order valence-electron chi connectivity index (χ4n) is 2.48. The molecular weight excluding hydrogens is 310 g/mol. The van der Waals surface area contributed by atoms with E-state index in [0.29, 0.717) is 23.7 Å². The average molecular weight is 328 g/mol. The van der Waals surface area contributed by atoms with Gasteiger partial charge in [0.1, 0.15) is 11.2 Å². The molecule has 1 aromatic carbocycles. The number of benzene rings is 1. The number of hydrogen-bond acceptors (Lipinski definition) is 4. The molecule has 0 aromatic heterocycles. The molecule has 0 radical (unpaired) electrons. The Morgan fingerprint density at radius 2 is 2.05 bits per heavy atom. The molecule has 0 aliphatic carbocycles. The number of hydrogen-bond donors (Lipinski definition) is 1. The largest absolute Gasteiger partial charge is 0.484 e. The Kier molecular flexibility index (Phi) is 5.26. The van der Waals surface area contributed by atoms with Gasteiger partial charge in [-0.2, -0.15) is 0 Å². The first kappa shape index (κ1) is 16.6. The normalized spacial score (nSPS) is 20.9. The zero-order valence-electron chi connectivity index (χ0n) is 12.3. The van der Waals surface area contributed by atoms with Crippen LogP contribution in [0.15, 0.2) is 24.3 Å². The highest BCUT2D eigenvalue weighted by Crippen LogP contribution is 2.31. The number of ether oxygens (including phenoxy) is 2. The molecule has 0 unspecified atom stereocenters. The number of rotatable bonds is 6. The summed E-state index contributed by atoms with van der Waals surface area (Å²) in [5, 5.41) is 9.95. The van der Waals surface area contributed by atoms with Gasteiger partial charge in [0.15, 0.2) is 6.61 Å². The summed E-state index contributed by atoms with van der Waals surface area (Å²) in [5.74, 6) is -0.643. The molecule has 120 valence electrons. The first-order chi connectivity index (χ1) is 10.5. The van der Waals surface area contributed by atoms with Gasteiger partial charge >= 0.3 is 5.97 Å². The predicted molar refractivity (Wildman–Crippen MR) is 80.1 cm³/mol. The van der Waals surface area contributed by atoms with Crippen molar-refractivity contribution in [1.29, 1.82) is 0 Å². The predicted octanol–water partition coefficient (Wildman–Crippen LogP) is 1.67. The van der Waals surface area contributed by atoms with E-state index in [4.69, 9.17) is 21.1 Å². The zero-order chi connectivity index (χ0) is 16.2. The van der Waals surface area contributed by atoms with Crippen LogP contribution in [0.1, 0.15) is 6.42 Å². The van der Waals surface area contributed by atoms with Gasteiger partial charge in [-0.25, -0.2) is 0 Å². The SMILES string of the molecule is COC[C@@]1(C(=O)O)CCN(C(=O)COc2ccc(Cl)cc2)C1. The van der Waals surface area contributed by atoms with Crippen LogP contribution in [-0.2, 0) is 14.3 Å². The van der Waals surface area contributed by atoms with Gasteiger partial charge in [-0.3, -0.25) is 9.59 Å². The number of methoxy groups -OCH3 is 1. The second-order valence-electron chi connectivity index (χ2n) is 5.33. The maximum atomic E-state index is 12.1. The van der Waals surface area contributed by atoms with Crippen LogP contribution in [0.25, 0.3) is 0 Å². The Morgan fingerprint density at radius 3 is 2.64 bits per heavy atom. The van der Waals surface area contributed by atoms with Crippen molar-refractivity contribution in [2.45, 2.75) is 6.42 Å². The third-order valence-corrected chi connectivity index (χ3v) is 4.01. The lowest BCUT2D eigenvalue weighted by molar-refractivity contribution is -0.151. The van der Waals surface area contributed by atoms with Crippen LogP contribution in [0.3, 0.4) is 0 Å². The number of amides is 1. The van der Waals surface area contributed by atoms with Crippen molar-refractivity contribution in [3.63, 3.8) is 0 Å². The van der Waals surface area contributed by atoms with Gasteiger partial charge < -0.3 is 19.5 Å². The van der Waals surface area contributed by atoms with Crippen molar-refractivity contribution in [3.05, 3.63) is 29.3 Å². The Bertz CT molecular complexity index is 547. The first-order valence-corrected chi connectivity index (χ1v) is 7.23. The van der Waals surface area contributed by atoms with Gasteiger partial charge in [0.05, 0.1) is 6.61 Å². The molecule has 0 bridgehead atoms. The highest BCUT2D eigenvalue weighted by molar-refractivity contribution is 6.30. The number of nitrogens with zero attached hydrogens (tertiary/aromatic N) is 1. The highest BCUT2D eigenvalue weighted by Gasteiger charge is 2.46. The van der Waals surface area contributed by atoms with E-state index in [1.807, 2.05) is 0 Å².